The molecule has 10 heteroatoms. The number of hydrogen-bond acceptors (Lipinski definition) is 4. The van der Waals surface area contributed by atoms with E-state index in [2.05, 4.69) is 15.6 Å². The number of amides is 1. The standard InChI is InChI=1S/C20H20F3N3O2.2ClH/c21-20(22,23)16-2-1-3-17(26-16)28-14-6-4-13(5-7-14)25-18(27)15-12-19(15)8-10-24-11-9-19;;/h1-7,15,24H,8-12H2,(H,25,27);2*1H. The smallest absolute Gasteiger partial charge is 0.433 e. The van der Waals surface area contributed by atoms with Crippen molar-refractivity contribution in [2.24, 2.45) is 11.3 Å². The summed E-state index contributed by atoms with van der Waals surface area (Å²) in [4.78, 5) is 15.9. The van der Waals surface area contributed by atoms with Crippen molar-refractivity contribution >= 4 is 36.4 Å². The summed E-state index contributed by atoms with van der Waals surface area (Å²) in [6.07, 6.45) is -1.53. The molecule has 1 saturated heterocycles. The lowest BCUT2D eigenvalue weighted by molar-refractivity contribution is -0.141. The maximum Gasteiger partial charge on any atom is 0.433 e. The average molecular weight is 464 g/mol. The number of aromatic nitrogens is 1. The van der Waals surface area contributed by atoms with Gasteiger partial charge in [-0.05, 0) is 68.1 Å². The van der Waals surface area contributed by atoms with E-state index >= 15 is 0 Å². The number of alkyl halides is 3. The fourth-order valence-electron chi connectivity index (χ4n) is 3.78. The Morgan fingerprint density at radius 3 is 2.40 bits per heavy atom. The molecule has 1 aromatic heterocycles. The van der Waals surface area contributed by atoms with Crippen molar-refractivity contribution in [3.05, 3.63) is 48.2 Å². The molecule has 1 atom stereocenters. The van der Waals surface area contributed by atoms with Gasteiger partial charge in [-0.2, -0.15) is 13.2 Å². The Bertz CT molecular complexity index is 872. The van der Waals surface area contributed by atoms with Gasteiger partial charge in [-0.1, -0.05) is 6.07 Å². The van der Waals surface area contributed by atoms with Crippen LogP contribution in [-0.2, 0) is 11.0 Å². The second-order valence-electron chi connectivity index (χ2n) is 7.34. The van der Waals surface area contributed by atoms with Crippen molar-refractivity contribution < 1.29 is 22.7 Å². The molecule has 2 fully saturated rings. The van der Waals surface area contributed by atoms with Gasteiger partial charge >= 0.3 is 6.18 Å². The molecule has 1 amide bonds. The van der Waals surface area contributed by atoms with E-state index in [-0.39, 0.29) is 47.9 Å². The van der Waals surface area contributed by atoms with Crippen molar-refractivity contribution in [2.75, 3.05) is 18.4 Å². The van der Waals surface area contributed by atoms with E-state index in [4.69, 9.17) is 4.74 Å². The molecule has 2 aromatic rings. The third-order valence-electron chi connectivity index (χ3n) is 5.46. The van der Waals surface area contributed by atoms with Crippen molar-refractivity contribution in [1.29, 1.82) is 0 Å². The zero-order valence-electron chi connectivity index (χ0n) is 15.9. The number of carbonyl (C=O) groups excluding carboxylic acids is 1. The Morgan fingerprint density at radius 1 is 1.10 bits per heavy atom. The monoisotopic (exact) mass is 463 g/mol. The van der Waals surface area contributed by atoms with Crippen molar-refractivity contribution in [1.82, 2.24) is 10.3 Å². The van der Waals surface area contributed by atoms with E-state index < -0.39 is 11.9 Å². The molecule has 2 aliphatic rings. The van der Waals surface area contributed by atoms with Gasteiger partial charge in [0.1, 0.15) is 11.4 Å². The molecule has 0 radical (unpaired) electrons. The Balaban J connectivity index is 0.00000160. The van der Waals surface area contributed by atoms with Crippen molar-refractivity contribution in [3.8, 4) is 11.6 Å². The van der Waals surface area contributed by atoms with Gasteiger partial charge in [-0.25, -0.2) is 4.98 Å². The molecule has 1 aromatic carbocycles. The number of halogens is 5. The molecule has 1 aliphatic heterocycles. The first-order valence-electron chi connectivity index (χ1n) is 9.20. The van der Waals surface area contributed by atoms with Gasteiger partial charge in [0.2, 0.25) is 11.8 Å². The van der Waals surface area contributed by atoms with Crippen LogP contribution in [0, 0.1) is 11.3 Å². The second kappa shape index (κ2) is 9.41. The number of anilines is 1. The van der Waals surface area contributed by atoms with E-state index in [0.29, 0.717) is 11.4 Å². The summed E-state index contributed by atoms with van der Waals surface area (Å²) in [5.41, 5.74) is -0.219. The van der Waals surface area contributed by atoms with Gasteiger partial charge in [-0.3, -0.25) is 4.79 Å². The lowest BCUT2D eigenvalue weighted by Crippen LogP contribution is -2.31. The molecule has 4 rings (SSSR count). The minimum absolute atomic E-state index is 0. The highest BCUT2D eigenvalue weighted by Gasteiger charge is 2.57. The highest BCUT2D eigenvalue weighted by atomic mass is 35.5. The van der Waals surface area contributed by atoms with Gasteiger partial charge < -0.3 is 15.4 Å². The first-order chi connectivity index (χ1) is 13.4. The molecular weight excluding hydrogens is 442 g/mol. The first-order valence-corrected chi connectivity index (χ1v) is 9.20. The normalized spacial score (nSPS) is 19.2. The Hall–Kier alpha value is -2.03. The van der Waals surface area contributed by atoms with Crippen LogP contribution in [0.1, 0.15) is 25.0 Å². The number of pyridine rings is 1. The van der Waals surface area contributed by atoms with Crippen LogP contribution in [0.5, 0.6) is 11.6 Å². The highest BCUT2D eigenvalue weighted by molar-refractivity contribution is 5.95. The van der Waals surface area contributed by atoms with E-state index in [1.165, 1.54) is 12.1 Å². The highest BCUT2D eigenvalue weighted by Crippen LogP contribution is 2.58. The van der Waals surface area contributed by atoms with Crippen LogP contribution in [-0.4, -0.2) is 24.0 Å². The molecule has 0 bridgehead atoms. The molecule has 1 unspecified atom stereocenters. The maximum atomic E-state index is 12.7. The van der Waals surface area contributed by atoms with Gasteiger partial charge in [0.15, 0.2) is 0 Å². The number of nitrogens with zero attached hydrogens (tertiary/aromatic N) is 1. The largest absolute Gasteiger partial charge is 0.439 e. The van der Waals surface area contributed by atoms with Crippen LogP contribution in [0.2, 0.25) is 0 Å². The van der Waals surface area contributed by atoms with Gasteiger partial charge in [0.25, 0.3) is 0 Å². The summed E-state index contributed by atoms with van der Waals surface area (Å²) in [6.45, 7) is 1.92. The molecule has 2 heterocycles. The summed E-state index contributed by atoms with van der Waals surface area (Å²) >= 11 is 0. The summed E-state index contributed by atoms with van der Waals surface area (Å²) in [6, 6.07) is 9.99. The molecule has 1 aliphatic carbocycles. The average Bonchev–Trinajstić information content (AvgIpc) is 3.36. The number of hydrogen-bond donors (Lipinski definition) is 2. The molecule has 1 saturated carbocycles. The molecule has 5 nitrogen and oxygen atoms in total. The van der Waals surface area contributed by atoms with Crippen molar-refractivity contribution in [3.63, 3.8) is 0 Å². The van der Waals surface area contributed by atoms with Crippen LogP contribution in [0.15, 0.2) is 42.5 Å². The Morgan fingerprint density at radius 2 is 1.77 bits per heavy atom. The quantitative estimate of drug-likeness (QED) is 0.664. The Kier molecular flexibility index (Phi) is 7.60. The first kappa shape index (κ1) is 24.2. The number of nitrogens with one attached hydrogen (secondary N) is 2. The van der Waals surface area contributed by atoms with E-state index in [1.807, 2.05) is 0 Å². The van der Waals surface area contributed by atoms with Crippen LogP contribution >= 0.6 is 24.8 Å². The number of carbonyl (C=O) groups is 1. The van der Waals surface area contributed by atoms with Crippen LogP contribution in [0.25, 0.3) is 0 Å². The topological polar surface area (TPSA) is 63.2 Å². The zero-order chi connectivity index (χ0) is 19.8. The molecular formula is C20H22Cl2F3N3O2. The van der Waals surface area contributed by atoms with Crippen LogP contribution in [0.4, 0.5) is 18.9 Å². The minimum atomic E-state index is -4.53. The molecule has 30 heavy (non-hydrogen) atoms. The number of rotatable bonds is 4. The molecule has 2 N–H and O–H groups in total. The minimum Gasteiger partial charge on any atom is -0.439 e. The zero-order valence-corrected chi connectivity index (χ0v) is 17.5. The third-order valence-corrected chi connectivity index (χ3v) is 5.46. The fraction of sp³-hybridized carbons (Fsp3) is 0.400. The van der Waals surface area contributed by atoms with E-state index in [0.717, 1.165) is 38.4 Å². The third kappa shape index (κ3) is 5.36. The lowest BCUT2D eigenvalue weighted by atomic mass is 9.92. The summed E-state index contributed by atoms with van der Waals surface area (Å²) in [5, 5.41) is 6.23. The van der Waals surface area contributed by atoms with Gasteiger partial charge in [0.05, 0.1) is 0 Å². The number of piperidine rings is 1. The predicted molar refractivity (Wildman–Crippen MR) is 112 cm³/mol. The summed E-state index contributed by atoms with van der Waals surface area (Å²) in [5.74, 6) is 0.276. The van der Waals surface area contributed by atoms with Crippen molar-refractivity contribution in [2.45, 2.75) is 25.4 Å². The van der Waals surface area contributed by atoms with Gasteiger partial charge in [0, 0.05) is 17.7 Å². The number of benzene rings is 1. The summed E-state index contributed by atoms with van der Waals surface area (Å²) in [7, 11) is 0. The van der Waals surface area contributed by atoms with E-state index in [1.54, 1.807) is 24.3 Å². The predicted octanol–water partition coefficient (Wildman–Crippen LogP) is 5.06. The number of ether oxygens (including phenoxy) is 1. The SMILES string of the molecule is Cl.Cl.O=C(Nc1ccc(Oc2cccc(C(F)(F)F)n2)cc1)C1CC12CCNCC2. The van der Waals surface area contributed by atoms with E-state index in [9.17, 15) is 18.0 Å². The van der Waals surface area contributed by atoms with Gasteiger partial charge in [-0.15, -0.1) is 24.8 Å². The van der Waals surface area contributed by atoms with Crippen LogP contribution < -0.4 is 15.4 Å². The molecule has 1 spiro atoms. The Labute approximate surface area is 184 Å². The second-order valence-corrected chi connectivity index (χ2v) is 7.34. The fourth-order valence-corrected chi connectivity index (χ4v) is 3.78. The maximum absolute atomic E-state index is 12.7. The summed E-state index contributed by atoms with van der Waals surface area (Å²) < 4.78 is 43.6. The lowest BCUT2D eigenvalue weighted by Gasteiger charge is -2.23. The molecule has 164 valence electrons. The van der Waals surface area contributed by atoms with Crippen LogP contribution in [0.3, 0.4) is 0 Å².